The molecule has 0 aromatic heterocycles. The van der Waals surface area contributed by atoms with E-state index in [-0.39, 0.29) is 23.8 Å². The van der Waals surface area contributed by atoms with E-state index in [1.807, 2.05) is 56.3 Å². The van der Waals surface area contributed by atoms with Gasteiger partial charge in [0.25, 0.3) is 0 Å². The van der Waals surface area contributed by atoms with E-state index < -0.39 is 0 Å². The molecular formula is C22H28FN3O. The van der Waals surface area contributed by atoms with Gasteiger partial charge >= 0.3 is 0 Å². The molecule has 1 aliphatic rings. The van der Waals surface area contributed by atoms with E-state index in [2.05, 4.69) is 15.1 Å². The Morgan fingerprint density at radius 2 is 1.63 bits per heavy atom. The van der Waals surface area contributed by atoms with Crippen LogP contribution >= 0.6 is 0 Å². The number of nitrogens with zero attached hydrogens (tertiary/aromatic N) is 2. The maximum Gasteiger partial charge on any atom is 0.237 e. The number of hydrogen-bond donors (Lipinski definition) is 1. The van der Waals surface area contributed by atoms with Crippen LogP contribution in [0.25, 0.3) is 0 Å². The molecule has 0 bridgehead atoms. The van der Waals surface area contributed by atoms with E-state index in [0.717, 1.165) is 37.3 Å². The highest BCUT2D eigenvalue weighted by molar-refractivity contribution is 5.81. The Morgan fingerprint density at radius 1 is 1.00 bits per heavy atom. The van der Waals surface area contributed by atoms with E-state index >= 15 is 0 Å². The zero-order chi connectivity index (χ0) is 19.2. The van der Waals surface area contributed by atoms with Crippen LogP contribution in [-0.4, -0.2) is 47.9 Å². The van der Waals surface area contributed by atoms with Gasteiger partial charge in [0.05, 0.1) is 12.1 Å². The Labute approximate surface area is 161 Å². The normalized spacial score (nSPS) is 18.0. The highest BCUT2D eigenvalue weighted by Crippen LogP contribution is 2.15. The lowest BCUT2D eigenvalue weighted by Crippen LogP contribution is -2.53. The van der Waals surface area contributed by atoms with Gasteiger partial charge in [0.2, 0.25) is 5.91 Å². The first-order valence-electron chi connectivity index (χ1n) is 9.59. The average Bonchev–Trinajstić information content (AvgIpc) is 2.70. The molecule has 27 heavy (non-hydrogen) atoms. The lowest BCUT2D eigenvalue weighted by molar-refractivity contribution is -0.127. The molecule has 1 heterocycles. The number of nitrogens with one attached hydrogen (secondary N) is 1. The number of rotatable bonds is 6. The van der Waals surface area contributed by atoms with Crippen LogP contribution in [0.4, 0.5) is 4.39 Å². The van der Waals surface area contributed by atoms with Crippen LogP contribution in [0, 0.1) is 5.82 Å². The van der Waals surface area contributed by atoms with Crippen molar-refractivity contribution >= 4 is 5.91 Å². The summed E-state index contributed by atoms with van der Waals surface area (Å²) in [5.41, 5.74) is 1.83. The molecule has 1 amide bonds. The standard InChI is InChI=1S/C22H28FN3O/c1-17(19-8-4-3-5-9-19)24-22(27)18(2)26-14-12-25(13-15-26)16-20-10-6-7-11-21(20)23/h3-11,17-18H,12-16H2,1-2H3,(H,24,27)/t17-,18+/m0/s1. The molecule has 2 aromatic carbocycles. The maximum atomic E-state index is 13.8. The van der Waals surface area contributed by atoms with Gasteiger partial charge in [0, 0.05) is 38.3 Å². The van der Waals surface area contributed by atoms with Crippen LogP contribution < -0.4 is 5.32 Å². The summed E-state index contributed by atoms with van der Waals surface area (Å²) in [5.74, 6) is -0.100. The van der Waals surface area contributed by atoms with E-state index in [1.165, 1.54) is 6.07 Å². The molecule has 0 unspecified atom stereocenters. The summed E-state index contributed by atoms with van der Waals surface area (Å²) >= 11 is 0. The van der Waals surface area contributed by atoms with Gasteiger partial charge in [-0.15, -0.1) is 0 Å². The summed E-state index contributed by atoms with van der Waals surface area (Å²) in [4.78, 5) is 17.1. The Hall–Kier alpha value is -2.24. The smallest absolute Gasteiger partial charge is 0.237 e. The fourth-order valence-electron chi connectivity index (χ4n) is 3.50. The van der Waals surface area contributed by atoms with Gasteiger partial charge < -0.3 is 5.32 Å². The molecule has 0 aliphatic carbocycles. The number of hydrogen-bond acceptors (Lipinski definition) is 3. The van der Waals surface area contributed by atoms with Crippen molar-refractivity contribution in [1.82, 2.24) is 15.1 Å². The zero-order valence-electron chi connectivity index (χ0n) is 16.1. The second-order valence-electron chi connectivity index (χ2n) is 7.22. The fourth-order valence-corrected chi connectivity index (χ4v) is 3.50. The molecular weight excluding hydrogens is 341 g/mol. The van der Waals surface area contributed by atoms with Crippen LogP contribution in [0.3, 0.4) is 0 Å². The van der Waals surface area contributed by atoms with Crippen LogP contribution in [0.15, 0.2) is 54.6 Å². The monoisotopic (exact) mass is 369 g/mol. The summed E-state index contributed by atoms with van der Waals surface area (Å²) in [5, 5.41) is 3.11. The Morgan fingerprint density at radius 3 is 2.30 bits per heavy atom. The first-order chi connectivity index (χ1) is 13.0. The second-order valence-corrected chi connectivity index (χ2v) is 7.22. The number of amides is 1. The third kappa shape index (κ3) is 5.15. The zero-order valence-corrected chi connectivity index (χ0v) is 16.1. The molecule has 1 aliphatic heterocycles. The van der Waals surface area contributed by atoms with Gasteiger partial charge in [-0.3, -0.25) is 14.6 Å². The maximum absolute atomic E-state index is 13.8. The van der Waals surface area contributed by atoms with Crippen molar-refractivity contribution in [3.8, 4) is 0 Å². The summed E-state index contributed by atoms with van der Waals surface area (Å²) < 4.78 is 13.8. The second kappa shape index (κ2) is 9.11. The summed E-state index contributed by atoms with van der Waals surface area (Å²) in [6.07, 6.45) is 0. The molecule has 3 rings (SSSR count). The molecule has 1 saturated heterocycles. The third-order valence-corrected chi connectivity index (χ3v) is 5.34. The Bertz CT molecular complexity index is 744. The predicted octanol–water partition coefficient (Wildman–Crippen LogP) is 3.21. The molecule has 1 N–H and O–H groups in total. The lowest BCUT2D eigenvalue weighted by atomic mass is 10.1. The molecule has 1 fully saturated rings. The quantitative estimate of drug-likeness (QED) is 0.849. The van der Waals surface area contributed by atoms with Gasteiger partial charge in [-0.2, -0.15) is 0 Å². The van der Waals surface area contributed by atoms with E-state index in [1.54, 1.807) is 6.07 Å². The number of carbonyl (C=O) groups is 1. The summed E-state index contributed by atoms with van der Waals surface area (Å²) in [6, 6.07) is 16.7. The van der Waals surface area contributed by atoms with E-state index in [4.69, 9.17) is 0 Å². The largest absolute Gasteiger partial charge is 0.348 e. The number of halogens is 1. The predicted molar refractivity (Wildman–Crippen MR) is 106 cm³/mol. The first kappa shape index (κ1) is 19.5. The van der Waals surface area contributed by atoms with Crippen LogP contribution in [0.1, 0.15) is 31.0 Å². The minimum Gasteiger partial charge on any atom is -0.348 e. The van der Waals surface area contributed by atoms with E-state index in [9.17, 15) is 9.18 Å². The SMILES string of the molecule is C[C@H](NC(=O)[C@@H](C)N1CCN(Cc2ccccc2F)CC1)c1ccccc1. The highest BCUT2D eigenvalue weighted by atomic mass is 19.1. The van der Waals surface area contributed by atoms with Crippen LogP contribution in [0.2, 0.25) is 0 Å². The molecule has 2 atom stereocenters. The van der Waals surface area contributed by atoms with Crippen molar-refractivity contribution in [3.05, 3.63) is 71.5 Å². The van der Waals surface area contributed by atoms with Crippen LogP contribution in [-0.2, 0) is 11.3 Å². The van der Waals surface area contributed by atoms with Crippen LogP contribution in [0.5, 0.6) is 0 Å². The highest BCUT2D eigenvalue weighted by Gasteiger charge is 2.26. The van der Waals surface area contributed by atoms with Gasteiger partial charge in [-0.05, 0) is 25.5 Å². The lowest BCUT2D eigenvalue weighted by Gasteiger charge is -2.37. The van der Waals surface area contributed by atoms with Gasteiger partial charge in [0.1, 0.15) is 5.82 Å². The van der Waals surface area contributed by atoms with Crippen molar-refractivity contribution in [3.63, 3.8) is 0 Å². The van der Waals surface area contributed by atoms with Crippen molar-refractivity contribution in [2.24, 2.45) is 0 Å². The number of piperazine rings is 1. The molecule has 0 radical (unpaired) electrons. The van der Waals surface area contributed by atoms with Crippen molar-refractivity contribution in [2.75, 3.05) is 26.2 Å². The third-order valence-electron chi connectivity index (χ3n) is 5.34. The molecule has 5 heteroatoms. The van der Waals surface area contributed by atoms with Crippen molar-refractivity contribution in [2.45, 2.75) is 32.5 Å². The molecule has 0 spiro atoms. The number of carbonyl (C=O) groups excluding carboxylic acids is 1. The van der Waals surface area contributed by atoms with Gasteiger partial charge in [-0.1, -0.05) is 48.5 Å². The minimum atomic E-state index is -0.174. The van der Waals surface area contributed by atoms with Crippen molar-refractivity contribution in [1.29, 1.82) is 0 Å². The Balaban J connectivity index is 1.48. The Kier molecular flexibility index (Phi) is 6.58. The minimum absolute atomic E-state index is 0.0107. The topological polar surface area (TPSA) is 35.6 Å². The molecule has 144 valence electrons. The number of benzene rings is 2. The van der Waals surface area contributed by atoms with Gasteiger partial charge in [0.15, 0.2) is 0 Å². The van der Waals surface area contributed by atoms with Crippen molar-refractivity contribution < 1.29 is 9.18 Å². The summed E-state index contributed by atoms with van der Waals surface area (Å²) in [7, 11) is 0. The fraction of sp³-hybridized carbons (Fsp3) is 0.409. The average molecular weight is 369 g/mol. The first-order valence-corrected chi connectivity index (χ1v) is 9.59. The van der Waals surface area contributed by atoms with Gasteiger partial charge in [-0.25, -0.2) is 4.39 Å². The molecule has 0 saturated carbocycles. The molecule has 2 aromatic rings. The molecule has 4 nitrogen and oxygen atoms in total. The summed E-state index contributed by atoms with van der Waals surface area (Å²) in [6.45, 7) is 7.86. The van der Waals surface area contributed by atoms with E-state index in [0.29, 0.717) is 6.54 Å².